The first-order valence-corrected chi connectivity index (χ1v) is 6.71. The second kappa shape index (κ2) is 6.09. The Balaban J connectivity index is 2.96. The van der Waals surface area contributed by atoms with E-state index in [1.165, 1.54) is 0 Å². The highest BCUT2D eigenvalue weighted by atomic mass is 16.5. The number of methoxy groups -OCH3 is 1. The number of benzene rings is 1. The van der Waals surface area contributed by atoms with E-state index in [0.29, 0.717) is 6.42 Å². The third-order valence-electron chi connectivity index (χ3n) is 2.89. The molecule has 0 unspecified atom stereocenters. The molecule has 0 aliphatic carbocycles. The number of hydrogen-bond acceptors (Lipinski definition) is 2. The SMILES string of the molecule is COc1ccc(CC(=O)NC(C)C)cc1C(C)(C)C. The number of hydrogen-bond donors (Lipinski definition) is 1. The molecule has 0 spiro atoms. The van der Waals surface area contributed by atoms with Gasteiger partial charge in [0, 0.05) is 6.04 Å². The highest BCUT2D eigenvalue weighted by Gasteiger charge is 2.19. The summed E-state index contributed by atoms with van der Waals surface area (Å²) in [4.78, 5) is 11.8. The average molecular weight is 263 g/mol. The van der Waals surface area contributed by atoms with Gasteiger partial charge in [0.05, 0.1) is 13.5 Å². The monoisotopic (exact) mass is 263 g/mol. The van der Waals surface area contributed by atoms with Crippen molar-refractivity contribution in [2.75, 3.05) is 7.11 Å². The fourth-order valence-corrected chi connectivity index (χ4v) is 2.01. The van der Waals surface area contributed by atoms with Gasteiger partial charge in [-0.15, -0.1) is 0 Å². The molecule has 3 heteroatoms. The van der Waals surface area contributed by atoms with E-state index in [4.69, 9.17) is 4.74 Å². The molecule has 0 fully saturated rings. The first-order valence-electron chi connectivity index (χ1n) is 6.71. The van der Waals surface area contributed by atoms with Gasteiger partial charge in [0.15, 0.2) is 0 Å². The lowest BCUT2D eigenvalue weighted by atomic mass is 9.85. The summed E-state index contributed by atoms with van der Waals surface area (Å²) in [5.74, 6) is 0.931. The molecule has 0 aliphatic rings. The number of ether oxygens (including phenoxy) is 1. The van der Waals surface area contributed by atoms with Crippen LogP contribution < -0.4 is 10.1 Å². The van der Waals surface area contributed by atoms with Gasteiger partial charge >= 0.3 is 0 Å². The van der Waals surface area contributed by atoms with Crippen molar-refractivity contribution in [1.82, 2.24) is 5.32 Å². The van der Waals surface area contributed by atoms with Gasteiger partial charge in [0.2, 0.25) is 5.91 Å². The summed E-state index contributed by atoms with van der Waals surface area (Å²) in [7, 11) is 1.68. The van der Waals surface area contributed by atoms with Crippen molar-refractivity contribution in [3.05, 3.63) is 29.3 Å². The number of rotatable bonds is 4. The predicted molar refractivity (Wildman–Crippen MR) is 78.7 cm³/mol. The summed E-state index contributed by atoms with van der Waals surface area (Å²) in [5.41, 5.74) is 2.14. The van der Waals surface area contributed by atoms with Gasteiger partial charge < -0.3 is 10.1 Å². The van der Waals surface area contributed by atoms with Crippen LogP contribution in [0.3, 0.4) is 0 Å². The molecule has 1 rings (SSSR count). The third kappa shape index (κ3) is 4.58. The summed E-state index contributed by atoms with van der Waals surface area (Å²) in [6.45, 7) is 10.4. The van der Waals surface area contributed by atoms with Crippen LogP contribution >= 0.6 is 0 Å². The molecule has 0 atom stereocenters. The van der Waals surface area contributed by atoms with Gasteiger partial charge in [0.25, 0.3) is 0 Å². The van der Waals surface area contributed by atoms with E-state index >= 15 is 0 Å². The van der Waals surface area contributed by atoms with Crippen LogP contribution in [0, 0.1) is 0 Å². The predicted octanol–water partition coefficient (Wildman–Crippen LogP) is 3.06. The lowest BCUT2D eigenvalue weighted by Crippen LogP contribution is -2.31. The van der Waals surface area contributed by atoms with Crippen molar-refractivity contribution in [2.24, 2.45) is 0 Å². The maximum Gasteiger partial charge on any atom is 0.224 e. The first-order chi connectivity index (χ1) is 8.74. The normalized spacial score (nSPS) is 11.5. The maximum absolute atomic E-state index is 11.8. The molecule has 1 aromatic carbocycles. The molecule has 0 saturated carbocycles. The second-order valence-electron chi connectivity index (χ2n) is 6.18. The quantitative estimate of drug-likeness (QED) is 0.906. The fraction of sp³-hybridized carbons (Fsp3) is 0.562. The van der Waals surface area contributed by atoms with Crippen LogP contribution in [0.5, 0.6) is 5.75 Å². The lowest BCUT2D eigenvalue weighted by molar-refractivity contribution is -0.120. The topological polar surface area (TPSA) is 38.3 Å². The number of carbonyl (C=O) groups excluding carboxylic acids is 1. The third-order valence-corrected chi connectivity index (χ3v) is 2.89. The Morgan fingerprint density at radius 1 is 1.32 bits per heavy atom. The van der Waals surface area contributed by atoms with Crippen LogP contribution in [0.1, 0.15) is 45.7 Å². The molecule has 0 radical (unpaired) electrons. The van der Waals surface area contributed by atoms with E-state index in [2.05, 4.69) is 32.2 Å². The number of carbonyl (C=O) groups is 1. The molecule has 0 bridgehead atoms. The van der Waals surface area contributed by atoms with Crippen LogP contribution in [0.4, 0.5) is 0 Å². The van der Waals surface area contributed by atoms with Crippen molar-refractivity contribution in [1.29, 1.82) is 0 Å². The largest absolute Gasteiger partial charge is 0.496 e. The Labute approximate surface area is 116 Å². The van der Waals surface area contributed by atoms with Gasteiger partial charge in [-0.3, -0.25) is 4.79 Å². The van der Waals surface area contributed by atoms with Gasteiger partial charge in [0.1, 0.15) is 5.75 Å². The Morgan fingerprint density at radius 3 is 2.42 bits per heavy atom. The van der Waals surface area contributed by atoms with Crippen molar-refractivity contribution >= 4 is 5.91 Å². The van der Waals surface area contributed by atoms with Crippen LogP contribution in [-0.2, 0) is 16.6 Å². The lowest BCUT2D eigenvalue weighted by Gasteiger charge is -2.23. The maximum atomic E-state index is 11.8. The van der Waals surface area contributed by atoms with Crippen molar-refractivity contribution in [3.8, 4) is 5.75 Å². The minimum atomic E-state index is -0.00409. The van der Waals surface area contributed by atoms with Crippen LogP contribution in [-0.4, -0.2) is 19.1 Å². The fourth-order valence-electron chi connectivity index (χ4n) is 2.01. The molecule has 19 heavy (non-hydrogen) atoms. The van der Waals surface area contributed by atoms with E-state index in [-0.39, 0.29) is 17.4 Å². The summed E-state index contributed by atoms with van der Waals surface area (Å²) in [5, 5.41) is 2.91. The molecule has 0 heterocycles. The summed E-state index contributed by atoms with van der Waals surface area (Å²) < 4.78 is 5.40. The van der Waals surface area contributed by atoms with Gasteiger partial charge in [-0.05, 0) is 36.5 Å². The van der Waals surface area contributed by atoms with Gasteiger partial charge in [-0.25, -0.2) is 0 Å². The van der Waals surface area contributed by atoms with Crippen molar-refractivity contribution < 1.29 is 9.53 Å². The molecule has 3 nitrogen and oxygen atoms in total. The summed E-state index contributed by atoms with van der Waals surface area (Å²) in [6.07, 6.45) is 0.408. The van der Waals surface area contributed by atoms with E-state index in [9.17, 15) is 4.79 Å². The van der Waals surface area contributed by atoms with Crippen LogP contribution in [0.2, 0.25) is 0 Å². The Bertz CT molecular complexity index is 445. The van der Waals surface area contributed by atoms with Gasteiger partial charge in [-0.2, -0.15) is 0 Å². The van der Waals surface area contributed by atoms with E-state index in [1.807, 2.05) is 26.0 Å². The zero-order valence-corrected chi connectivity index (χ0v) is 12.8. The minimum Gasteiger partial charge on any atom is -0.496 e. The minimum absolute atomic E-state index is 0.00409. The Kier molecular flexibility index (Phi) is 4.98. The van der Waals surface area contributed by atoms with Crippen LogP contribution in [0.25, 0.3) is 0 Å². The number of nitrogens with one attached hydrogen (secondary N) is 1. The molecule has 0 aliphatic heterocycles. The van der Waals surface area contributed by atoms with Crippen LogP contribution in [0.15, 0.2) is 18.2 Å². The van der Waals surface area contributed by atoms with Crippen molar-refractivity contribution in [2.45, 2.75) is 52.5 Å². The summed E-state index contributed by atoms with van der Waals surface area (Å²) >= 11 is 0. The Hall–Kier alpha value is -1.51. The molecule has 0 aromatic heterocycles. The zero-order chi connectivity index (χ0) is 14.6. The molecular formula is C16H25NO2. The average Bonchev–Trinajstić information content (AvgIpc) is 2.26. The molecular weight excluding hydrogens is 238 g/mol. The van der Waals surface area contributed by atoms with Crippen molar-refractivity contribution in [3.63, 3.8) is 0 Å². The highest BCUT2D eigenvalue weighted by Crippen LogP contribution is 2.32. The smallest absolute Gasteiger partial charge is 0.224 e. The van der Waals surface area contributed by atoms with E-state index in [1.54, 1.807) is 7.11 Å². The molecule has 1 N–H and O–H groups in total. The molecule has 106 valence electrons. The standard InChI is InChI=1S/C16H25NO2/c1-11(2)17-15(18)10-12-7-8-14(19-6)13(9-12)16(3,4)5/h7-9,11H,10H2,1-6H3,(H,17,18). The van der Waals surface area contributed by atoms with E-state index in [0.717, 1.165) is 16.9 Å². The second-order valence-corrected chi connectivity index (χ2v) is 6.18. The molecule has 1 aromatic rings. The number of amides is 1. The van der Waals surface area contributed by atoms with E-state index < -0.39 is 0 Å². The Morgan fingerprint density at radius 2 is 1.95 bits per heavy atom. The highest BCUT2D eigenvalue weighted by molar-refractivity contribution is 5.78. The van der Waals surface area contributed by atoms with Gasteiger partial charge in [-0.1, -0.05) is 32.9 Å². The molecule has 0 saturated heterocycles. The first kappa shape index (κ1) is 15.5. The zero-order valence-electron chi connectivity index (χ0n) is 12.8. The summed E-state index contributed by atoms with van der Waals surface area (Å²) in [6, 6.07) is 6.14. The molecule has 1 amide bonds.